The molecule has 0 rings (SSSR count). The predicted octanol–water partition coefficient (Wildman–Crippen LogP) is 1.74. The Bertz CT molecular complexity index is 47.1. The third kappa shape index (κ3) is 1.99. The summed E-state index contributed by atoms with van der Waals surface area (Å²) in [6.45, 7) is 6.92. The maximum atomic E-state index is 2.31. The van der Waals surface area contributed by atoms with Crippen molar-refractivity contribution in [1.29, 1.82) is 0 Å². The van der Waals surface area contributed by atoms with Crippen LogP contribution in [-0.4, -0.2) is 10.2 Å². The van der Waals surface area contributed by atoms with Crippen molar-refractivity contribution >= 4 is 10.2 Å². The molecule has 0 N–H and O–H groups in total. The molecule has 0 unspecified atom stereocenters. The molecule has 0 aliphatic carbocycles. The minimum absolute atomic E-state index is 0.764. The summed E-state index contributed by atoms with van der Waals surface area (Å²) in [4.78, 5) is 0. The van der Waals surface area contributed by atoms with Gasteiger partial charge in [-0.05, 0) is 5.04 Å². The predicted molar refractivity (Wildman–Crippen MR) is 43.5 cm³/mol. The molecule has 0 aliphatic rings. The SMILES string of the molecule is CCC([SiH3])(CC)CC. The molecule has 0 atom stereocenters. The van der Waals surface area contributed by atoms with Crippen LogP contribution in [0.3, 0.4) is 0 Å². The lowest BCUT2D eigenvalue weighted by Crippen LogP contribution is -2.07. The molecule has 0 saturated heterocycles. The van der Waals surface area contributed by atoms with Crippen molar-refractivity contribution in [3.05, 3.63) is 0 Å². The third-order valence-electron chi connectivity index (χ3n) is 2.56. The summed E-state index contributed by atoms with van der Waals surface area (Å²) in [6.07, 6.45) is 4.14. The summed E-state index contributed by atoms with van der Waals surface area (Å²) in [5.74, 6) is 0. The van der Waals surface area contributed by atoms with Gasteiger partial charge < -0.3 is 0 Å². The zero-order valence-electron chi connectivity index (χ0n) is 6.62. The van der Waals surface area contributed by atoms with Crippen molar-refractivity contribution in [2.45, 2.75) is 45.1 Å². The van der Waals surface area contributed by atoms with Crippen LogP contribution in [0.5, 0.6) is 0 Å². The third-order valence-corrected chi connectivity index (χ3v) is 4.68. The molecule has 0 heterocycles. The Balaban J connectivity index is 3.58. The second kappa shape index (κ2) is 3.28. The van der Waals surface area contributed by atoms with Gasteiger partial charge in [-0.2, -0.15) is 0 Å². The quantitative estimate of drug-likeness (QED) is 0.511. The molecule has 0 radical (unpaired) electrons. The second-order valence-electron chi connectivity index (χ2n) is 2.87. The van der Waals surface area contributed by atoms with Gasteiger partial charge in [0.25, 0.3) is 0 Å². The van der Waals surface area contributed by atoms with E-state index in [1.165, 1.54) is 29.5 Å². The highest BCUT2D eigenvalue weighted by molar-refractivity contribution is 6.15. The number of hydrogen-bond acceptors (Lipinski definition) is 0. The highest BCUT2D eigenvalue weighted by Gasteiger charge is 2.15. The van der Waals surface area contributed by atoms with Crippen LogP contribution in [0.25, 0.3) is 0 Å². The molecule has 0 nitrogen and oxygen atoms in total. The Morgan fingerprint density at radius 3 is 1.25 bits per heavy atom. The van der Waals surface area contributed by atoms with E-state index in [2.05, 4.69) is 20.8 Å². The zero-order chi connectivity index (χ0) is 6.62. The van der Waals surface area contributed by atoms with Gasteiger partial charge in [0.2, 0.25) is 0 Å². The molecular formula is C7H18Si. The molecule has 0 aliphatic heterocycles. The first-order valence-corrected chi connectivity index (χ1v) is 4.68. The standard InChI is InChI=1S/C7H18Si/c1-4-7(8,5-2)6-3/h4-6H2,1-3,8H3. The van der Waals surface area contributed by atoms with E-state index >= 15 is 0 Å². The van der Waals surface area contributed by atoms with E-state index in [0.29, 0.717) is 0 Å². The molecule has 50 valence electrons. The first-order valence-electron chi connectivity index (χ1n) is 3.68. The van der Waals surface area contributed by atoms with Crippen molar-refractivity contribution in [3.63, 3.8) is 0 Å². The van der Waals surface area contributed by atoms with E-state index in [9.17, 15) is 0 Å². The van der Waals surface area contributed by atoms with E-state index < -0.39 is 0 Å². The first-order chi connectivity index (χ1) is 3.68. The van der Waals surface area contributed by atoms with E-state index in [0.717, 1.165) is 5.04 Å². The molecule has 1 heteroatoms. The normalized spacial score (nSPS) is 12.4. The molecule has 0 bridgehead atoms. The van der Waals surface area contributed by atoms with Crippen LogP contribution in [0, 0.1) is 0 Å². The lowest BCUT2D eigenvalue weighted by atomic mass is 9.99. The Labute approximate surface area is 56.1 Å². The molecule has 0 fully saturated rings. The number of hydrogen-bond donors (Lipinski definition) is 0. The largest absolute Gasteiger partial charge is 0.0652 e. The average Bonchev–Trinajstić information content (AvgIpc) is 1.87. The highest BCUT2D eigenvalue weighted by Crippen LogP contribution is 2.33. The summed E-state index contributed by atoms with van der Waals surface area (Å²) in [7, 11) is 1.37. The monoisotopic (exact) mass is 130 g/mol. The molecule has 0 amide bonds. The van der Waals surface area contributed by atoms with Crippen molar-refractivity contribution in [3.8, 4) is 0 Å². The molecule has 0 aromatic heterocycles. The van der Waals surface area contributed by atoms with E-state index in [1.54, 1.807) is 0 Å². The van der Waals surface area contributed by atoms with Crippen LogP contribution in [0.4, 0.5) is 0 Å². The van der Waals surface area contributed by atoms with Gasteiger partial charge in [0, 0.05) is 10.2 Å². The Kier molecular flexibility index (Phi) is 3.37. The summed E-state index contributed by atoms with van der Waals surface area (Å²) in [5, 5.41) is 0.764. The Morgan fingerprint density at radius 1 is 1.00 bits per heavy atom. The summed E-state index contributed by atoms with van der Waals surface area (Å²) in [6, 6.07) is 0. The van der Waals surface area contributed by atoms with Crippen molar-refractivity contribution in [2.24, 2.45) is 0 Å². The van der Waals surface area contributed by atoms with Gasteiger partial charge in [0.05, 0.1) is 0 Å². The Morgan fingerprint density at radius 2 is 1.25 bits per heavy atom. The lowest BCUT2D eigenvalue weighted by Gasteiger charge is -2.23. The van der Waals surface area contributed by atoms with E-state index in [4.69, 9.17) is 0 Å². The Hall–Kier alpha value is 0.217. The lowest BCUT2D eigenvalue weighted by molar-refractivity contribution is 0.504. The van der Waals surface area contributed by atoms with Crippen LogP contribution in [-0.2, 0) is 0 Å². The maximum Gasteiger partial charge on any atom is 0.0106 e. The van der Waals surface area contributed by atoms with Crippen molar-refractivity contribution in [1.82, 2.24) is 0 Å². The molecule has 0 aromatic rings. The minimum Gasteiger partial charge on any atom is -0.0652 e. The minimum atomic E-state index is 0.764. The van der Waals surface area contributed by atoms with E-state index in [1.807, 2.05) is 0 Å². The highest BCUT2D eigenvalue weighted by atomic mass is 28.1. The average molecular weight is 130 g/mol. The van der Waals surface area contributed by atoms with E-state index in [-0.39, 0.29) is 0 Å². The first kappa shape index (κ1) is 8.22. The second-order valence-corrected chi connectivity index (χ2v) is 4.99. The summed E-state index contributed by atoms with van der Waals surface area (Å²) >= 11 is 0. The van der Waals surface area contributed by atoms with Gasteiger partial charge >= 0.3 is 0 Å². The summed E-state index contributed by atoms with van der Waals surface area (Å²) < 4.78 is 0. The van der Waals surface area contributed by atoms with Crippen molar-refractivity contribution in [2.75, 3.05) is 0 Å². The van der Waals surface area contributed by atoms with Crippen LogP contribution in [0.15, 0.2) is 0 Å². The maximum absolute atomic E-state index is 2.31. The molecule has 0 aromatic carbocycles. The smallest absolute Gasteiger partial charge is 0.0106 e. The molecular weight excluding hydrogens is 112 g/mol. The van der Waals surface area contributed by atoms with Gasteiger partial charge in [-0.3, -0.25) is 0 Å². The van der Waals surface area contributed by atoms with Gasteiger partial charge in [-0.1, -0.05) is 40.0 Å². The fraction of sp³-hybridized carbons (Fsp3) is 1.00. The molecule has 8 heavy (non-hydrogen) atoms. The molecule has 0 spiro atoms. The topological polar surface area (TPSA) is 0 Å². The van der Waals surface area contributed by atoms with Gasteiger partial charge in [0.15, 0.2) is 0 Å². The van der Waals surface area contributed by atoms with Crippen LogP contribution < -0.4 is 0 Å². The van der Waals surface area contributed by atoms with Gasteiger partial charge in [-0.25, -0.2) is 0 Å². The molecule has 0 saturated carbocycles. The van der Waals surface area contributed by atoms with Gasteiger partial charge in [-0.15, -0.1) is 0 Å². The summed E-state index contributed by atoms with van der Waals surface area (Å²) in [5.41, 5.74) is 0. The fourth-order valence-electron chi connectivity index (χ4n) is 0.750. The number of rotatable bonds is 3. The van der Waals surface area contributed by atoms with Crippen LogP contribution in [0.1, 0.15) is 40.0 Å². The van der Waals surface area contributed by atoms with Crippen molar-refractivity contribution < 1.29 is 0 Å². The van der Waals surface area contributed by atoms with Crippen LogP contribution in [0.2, 0.25) is 5.04 Å². The van der Waals surface area contributed by atoms with Gasteiger partial charge in [0.1, 0.15) is 0 Å². The zero-order valence-corrected chi connectivity index (χ0v) is 8.62. The van der Waals surface area contributed by atoms with Crippen LogP contribution >= 0.6 is 0 Å². The fourth-order valence-corrected chi connectivity index (χ4v) is 0.750.